The Morgan fingerprint density at radius 2 is 2.08 bits per heavy atom. The van der Waals surface area contributed by atoms with Crippen molar-refractivity contribution in [3.63, 3.8) is 0 Å². The van der Waals surface area contributed by atoms with Gasteiger partial charge in [0, 0.05) is 55.3 Å². The number of hydrogen-bond donors (Lipinski definition) is 1. The molecule has 204 valence electrons. The lowest BCUT2D eigenvalue weighted by Crippen LogP contribution is -2.50. The predicted octanol–water partition coefficient (Wildman–Crippen LogP) is 1.86. The van der Waals surface area contributed by atoms with E-state index in [9.17, 15) is 9.90 Å². The number of hydrogen-bond acceptors (Lipinski definition) is 10. The fraction of sp³-hybridized carbons (Fsp3) is 0.444. The standard InChI is InChI=1S/C27H30FN7O4/c1-33-9-6-27(37,7-10-33)25-13-24(31-39-25)23-5-2-18(14-29-23)21-4-3-19(12-22(21)28)35-16-20(38-26(35)17-36)15-34-11-8-30-32-34/h2-5,8,11-12,14,17,20,25-26,37H,6-7,9-10,13,15-16H2,1H3/t20-,25?,26?/m0/s1. The van der Waals surface area contributed by atoms with Crippen molar-refractivity contribution in [2.75, 3.05) is 31.6 Å². The van der Waals surface area contributed by atoms with E-state index in [1.807, 2.05) is 7.05 Å². The molecule has 0 bridgehead atoms. The van der Waals surface area contributed by atoms with E-state index in [4.69, 9.17) is 9.57 Å². The summed E-state index contributed by atoms with van der Waals surface area (Å²) in [6.07, 6.45) is 5.87. The lowest BCUT2D eigenvalue weighted by atomic mass is 9.84. The summed E-state index contributed by atoms with van der Waals surface area (Å²) in [6.45, 7) is 2.47. The van der Waals surface area contributed by atoms with Crippen molar-refractivity contribution in [2.24, 2.45) is 5.16 Å². The molecular weight excluding hydrogens is 505 g/mol. The molecule has 39 heavy (non-hydrogen) atoms. The van der Waals surface area contributed by atoms with Crippen LogP contribution in [0.5, 0.6) is 0 Å². The lowest BCUT2D eigenvalue weighted by Gasteiger charge is -2.38. The molecule has 5 heterocycles. The average Bonchev–Trinajstić information content (AvgIpc) is 3.72. The number of aromatic nitrogens is 4. The number of anilines is 1. The van der Waals surface area contributed by atoms with Crippen molar-refractivity contribution in [1.82, 2.24) is 24.9 Å². The Labute approximate surface area is 224 Å². The summed E-state index contributed by atoms with van der Waals surface area (Å²) in [5, 5.41) is 23.0. The molecule has 3 aliphatic heterocycles. The minimum Gasteiger partial charge on any atom is -0.389 e. The number of benzene rings is 1. The number of aldehydes is 1. The highest BCUT2D eigenvalue weighted by Gasteiger charge is 2.44. The third kappa shape index (κ3) is 5.14. The van der Waals surface area contributed by atoms with Crippen LogP contribution < -0.4 is 4.90 Å². The SMILES string of the molecule is CN1CCC(O)(C2CC(c3ccc(-c4ccc(N5C[C@H](Cn6ccnn6)OC5C=O)cc4F)cn3)=NO2)CC1. The number of aliphatic hydroxyl groups is 1. The monoisotopic (exact) mass is 535 g/mol. The number of rotatable bonds is 7. The van der Waals surface area contributed by atoms with Crippen LogP contribution in [0.3, 0.4) is 0 Å². The fourth-order valence-electron chi connectivity index (χ4n) is 5.42. The highest BCUT2D eigenvalue weighted by atomic mass is 19.1. The number of likely N-dealkylation sites (tertiary alicyclic amines) is 1. The van der Waals surface area contributed by atoms with Gasteiger partial charge in [0.05, 0.1) is 24.5 Å². The van der Waals surface area contributed by atoms with Crippen molar-refractivity contribution in [2.45, 2.75) is 49.8 Å². The largest absolute Gasteiger partial charge is 0.389 e. The molecule has 0 aliphatic carbocycles. The van der Waals surface area contributed by atoms with Gasteiger partial charge < -0.3 is 24.5 Å². The predicted molar refractivity (Wildman–Crippen MR) is 139 cm³/mol. The van der Waals surface area contributed by atoms with Gasteiger partial charge in [0.2, 0.25) is 0 Å². The number of piperidine rings is 1. The van der Waals surface area contributed by atoms with Gasteiger partial charge in [-0.15, -0.1) is 5.10 Å². The number of carbonyl (C=O) groups is 1. The maximum Gasteiger partial charge on any atom is 0.187 e. The number of halogens is 1. The van der Waals surface area contributed by atoms with Gasteiger partial charge >= 0.3 is 0 Å². The summed E-state index contributed by atoms with van der Waals surface area (Å²) >= 11 is 0. The Kier molecular flexibility index (Phi) is 6.83. The molecule has 12 heteroatoms. The Morgan fingerprint density at radius 3 is 2.77 bits per heavy atom. The quantitative estimate of drug-likeness (QED) is 0.452. The molecule has 2 unspecified atom stereocenters. The van der Waals surface area contributed by atoms with Crippen molar-refractivity contribution in [1.29, 1.82) is 0 Å². The summed E-state index contributed by atoms with van der Waals surface area (Å²) in [7, 11) is 2.04. The molecule has 0 radical (unpaired) electrons. The first-order valence-corrected chi connectivity index (χ1v) is 13.0. The molecule has 6 rings (SSSR count). The second-order valence-corrected chi connectivity index (χ2v) is 10.4. The summed E-state index contributed by atoms with van der Waals surface area (Å²) in [6, 6.07) is 8.43. The van der Waals surface area contributed by atoms with Crippen molar-refractivity contribution < 1.29 is 23.9 Å². The molecule has 0 spiro atoms. The molecule has 0 saturated carbocycles. The number of oxime groups is 1. The van der Waals surface area contributed by atoms with Crippen LogP contribution >= 0.6 is 0 Å². The first-order chi connectivity index (χ1) is 18.9. The van der Waals surface area contributed by atoms with E-state index in [1.165, 1.54) is 6.07 Å². The molecule has 1 N–H and O–H groups in total. The molecule has 3 aromatic rings. The van der Waals surface area contributed by atoms with Crippen molar-refractivity contribution >= 4 is 17.7 Å². The first-order valence-electron chi connectivity index (χ1n) is 13.0. The van der Waals surface area contributed by atoms with Gasteiger partial charge in [0.25, 0.3) is 0 Å². The van der Waals surface area contributed by atoms with E-state index in [0.717, 1.165) is 13.1 Å². The molecule has 3 aliphatic rings. The van der Waals surface area contributed by atoms with Crippen molar-refractivity contribution in [3.8, 4) is 11.1 Å². The Bertz CT molecular complexity index is 1340. The van der Waals surface area contributed by atoms with Gasteiger partial charge in [0.1, 0.15) is 17.1 Å². The number of pyridine rings is 1. The summed E-state index contributed by atoms with van der Waals surface area (Å²) in [5.41, 5.74) is 1.96. The number of ether oxygens (including phenoxy) is 1. The van der Waals surface area contributed by atoms with E-state index in [-0.39, 0.29) is 6.10 Å². The second kappa shape index (κ2) is 10.4. The molecule has 3 atom stereocenters. The van der Waals surface area contributed by atoms with Crippen LogP contribution in [0, 0.1) is 5.82 Å². The van der Waals surface area contributed by atoms with Crippen LogP contribution in [-0.2, 0) is 20.9 Å². The highest BCUT2D eigenvalue weighted by molar-refractivity contribution is 6.00. The zero-order valence-electron chi connectivity index (χ0n) is 21.6. The molecule has 1 aromatic carbocycles. The van der Waals surface area contributed by atoms with Gasteiger partial charge in [0.15, 0.2) is 18.6 Å². The van der Waals surface area contributed by atoms with E-state index in [2.05, 4.69) is 25.4 Å². The van der Waals surface area contributed by atoms with E-state index in [0.29, 0.717) is 66.9 Å². The van der Waals surface area contributed by atoms with Gasteiger partial charge in [-0.25, -0.2) is 9.07 Å². The number of nitrogens with zero attached hydrogens (tertiary/aromatic N) is 7. The molecule has 2 aromatic heterocycles. The normalized spacial score (nSPS) is 24.9. The van der Waals surface area contributed by atoms with Gasteiger partial charge in [-0.3, -0.25) is 9.78 Å². The lowest BCUT2D eigenvalue weighted by molar-refractivity contribution is -0.121. The van der Waals surface area contributed by atoms with Crippen LogP contribution in [0.25, 0.3) is 11.1 Å². The van der Waals surface area contributed by atoms with Crippen LogP contribution in [0.2, 0.25) is 0 Å². The van der Waals surface area contributed by atoms with Crippen molar-refractivity contribution in [3.05, 3.63) is 60.4 Å². The Balaban J connectivity index is 1.12. The molecular formula is C27H30FN7O4. The maximum absolute atomic E-state index is 15.3. The smallest absolute Gasteiger partial charge is 0.187 e. The number of carbonyl (C=O) groups excluding carboxylic acids is 1. The topological polar surface area (TPSA) is 118 Å². The third-order valence-corrected chi connectivity index (χ3v) is 7.79. The van der Waals surface area contributed by atoms with Gasteiger partial charge in [-0.1, -0.05) is 16.4 Å². The van der Waals surface area contributed by atoms with Gasteiger partial charge in [-0.2, -0.15) is 0 Å². The minimum atomic E-state index is -0.901. The summed E-state index contributed by atoms with van der Waals surface area (Å²) in [4.78, 5) is 25.7. The summed E-state index contributed by atoms with van der Waals surface area (Å²) in [5.74, 6) is -0.433. The fourth-order valence-corrected chi connectivity index (χ4v) is 5.42. The Hall–Kier alpha value is -3.74. The van der Waals surface area contributed by atoms with Crippen LogP contribution in [-0.4, -0.2) is 92.7 Å². The van der Waals surface area contributed by atoms with Crippen LogP contribution in [0.1, 0.15) is 25.0 Å². The molecule has 0 amide bonds. The van der Waals surface area contributed by atoms with E-state index >= 15 is 4.39 Å². The first kappa shape index (κ1) is 25.5. The third-order valence-electron chi connectivity index (χ3n) is 7.79. The van der Waals surface area contributed by atoms with Crippen LogP contribution in [0.4, 0.5) is 10.1 Å². The van der Waals surface area contributed by atoms with E-state index < -0.39 is 23.8 Å². The maximum atomic E-state index is 15.3. The van der Waals surface area contributed by atoms with E-state index in [1.54, 1.807) is 52.4 Å². The highest BCUT2D eigenvalue weighted by Crippen LogP contribution is 2.34. The molecule has 2 fully saturated rings. The van der Waals surface area contributed by atoms with Crippen LogP contribution in [0.15, 0.2) is 54.1 Å². The van der Waals surface area contributed by atoms with Gasteiger partial charge in [-0.05, 0) is 44.2 Å². The zero-order valence-corrected chi connectivity index (χ0v) is 21.6. The second-order valence-electron chi connectivity index (χ2n) is 10.4. The minimum absolute atomic E-state index is 0.288. The molecule has 2 saturated heterocycles. The average molecular weight is 536 g/mol. The molecule has 11 nitrogen and oxygen atoms in total. The summed E-state index contributed by atoms with van der Waals surface area (Å²) < 4.78 is 22.7. The zero-order chi connectivity index (χ0) is 27.0. The Morgan fingerprint density at radius 1 is 1.23 bits per heavy atom.